The first-order chi connectivity index (χ1) is 15.5. The average molecular weight is 431 g/mol. The number of hydrogen-bond acceptors (Lipinski definition) is 5. The smallest absolute Gasteiger partial charge is 0.255 e. The lowest BCUT2D eigenvalue weighted by Crippen LogP contribution is -2.28. The van der Waals surface area contributed by atoms with Crippen molar-refractivity contribution in [3.05, 3.63) is 89.0 Å². The van der Waals surface area contributed by atoms with Crippen LogP contribution in [-0.2, 0) is 17.8 Å². The van der Waals surface area contributed by atoms with Crippen molar-refractivity contribution in [1.29, 1.82) is 0 Å². The molecule has 1 aliphatic rings. The summed E-state index contributed by atoms with van der Waals surface area (Å²) in [5.41, 5.74) is 2.91. The van der Waals surface area contributed by atoms with E-state index in [-0.39, 0.29) is 34.8 Å². The Kier molecular flexibility index (Phi) is 6.52. The predicted octanol–water partition coefficient (Wildman–Crippen LogP) is 4.76. The molecule has 1 atom stereocenters. The molecule has 0 bridgehead atoms. The second-order valence-electron chi connectivity index (χ2n) is 7.81. The number of benzene rings is 3. The first-order valence-corrected chi connectivity index (χ1v) is 10.6. The normalized spacial score (nSPS) is 14.8. The minimum Gasteiger partial charge on any atom is -0.505 e. The van der Waals surface area contributed by atoms with Gasteiger partial charge in [-0.15, -0.1) is 0 Å². The van der Waals surface area contributed by atoms with E-state index in [0.717, 1.165) is 29.7 Å². The molecule has 0 radical (unpaired) electrons. The molecule has 1 unspecified atom stereocenters. The first kappa shape index (κ1) is 21.6. The van der Waals surface area contributed by atoms with Crippen molar-refractivity contribution in [3.8, 4) is 11.5 Å². The lowest BCUT2D eigenvalue weighted by molar-refractivity contribution is 0.0316. The summed E-state index contributed by atoms with van der Waals surface area (Å²) in [6, 6.07) is 20.0. The summed E-state index contributed by atoms with van der Waals surface area (Å²) < 4.78 is 11.9. The van der Waals surface area contributed by atoms with E-state index in [1.165, 1.54) is 13.0 Å². The van der Waals surface area contributed by atoms with Crippen LogP contribution in [0.1, 0.15) is 45.2 Å². The number of ether oxygens (including phenoxy) is 2. The molecule has 0 aromatic heterocycles. The number of aryl methyl sites for hydroxylation is 1. The molecule has 1 aliphatic heterocycles. The maximum Gasteiger partial charge on any atom is 0.255 e. The number of para-hydroxylation sites is 1. The third-order valence-electron chi connectivity index (χ3n) is 5.43. The van der Waals surface area contributed by atoms with Gasteiger partial charge >= 0.3 is 0 Å². The number of anilines is 1. The summed E-state index contributed by atoms with van der Waals surface area (Å²) in [5.74, 6) is -0.112. The summed E-state index contributed by atoms with van der Waals surface area (Å²) >= 11 is 0. The SMILES string of the molecule is CC(=O)c1cccc(NC(=O)c2ccc3c(c2)CCC(COCc2ccccc2)O3)c1O. The summed E-state index contributed by atoms with van der Waals surface area (Å²) in [5, 5.41) is 12.9. The largest absolute Gasteiger partial charge is 0.505 e. The van der Waals surface area contributed by atoms with Gasteiger partial charge in [-0.1, -0.05) is 36.4 Å². The average Bonchev–Trinajstić information content (AvgIpc) is 2.80. The summed E-state index contributed by atoms with van der Waals surface area (Å²) in [7, 11) is 0. The first-order valence-electron chi connectivity index (χ1n) is 10.6. The van der Waals surface area contributed by atoms with Gasteiger partial charge in [0.15, 0.2) is 5.78 Å². The molecule has 0 saturated carbocycles. The monoisotopic (exact) mass is 431 g/mol. The number of ketones is 1. The Labute approximate surface area is 186 Å². The molecule has 4 rings (SSSR count). The summed E-state index contributed by atoms with van der Waals surface area (Å²) in [6.07, 6.45) is 1.55. The van der Waals surface area contributed by atoms with Crippen LogP contribution < -0.4 is 10.1 Å². The zero-order chi connectivity index (χ0) is 22.5. The van der Waals surface area contributed by atoms with Crippen molar-refractivity contribution >= 4 is 17.4 Å². The van der Waals surface area contributed by atoms with Crippen molar-refractivity contribution < 1.29 is 24.2 Å². The molecule has 6 nitrogen and oxygen atoms in total. The van der Waals surface area contributed by atoms with Crippen LogP contribution in [0.5, 0.6) is 11.5 Å². The number of phenols is 1. The van der Waals surface area contributed by atoms with E-state index >= 15 is 0 Å². The third kappa shape index (κ3) is 4.98. The Hall–Kier alpha value is -3.64. The van der Waals surface area contributed by atoms with Crippen molar-refractivity contribution in [2.75, 3.05) is 11.9 Å². The van der Waals surface area contributed by atoms with E-state index < -0.39 is 0 Å². The van der Waals surface area contributed by atoms with Gasteiger partial charge in [0.25, 0.3) is 5.91 Å². The number of carbonyl (C=O) groups excluding carboxylic acids is 2. The van der Waals surface area contributed by atoms with Crippen molar-refractivity contribution in [1.82, 2.24) is 0 Å². The van der Waals surface area contributed by atoms with Crippen LogP contribution in [0, 0.1) is 0 Å². The Morgan fingerprint density at radius 3 is 2.69 bits per heavy atom. The highest BCUT2D eigenvalue weighted by Crippen LogP contribution is 2.31. The number of rotatable bonds is 7. The highest BCUT2D eigenvalue weighted by Gasteiger charge is 2.22. The molecule has 1 heterocycles. The molecular weight excluding hydrogens is 406 g/mol. The predicted molar refractivity (Wildman–Crippen MR) is 121 cm³/mol. The summed E-state index contributed by atoms with van der Waals surface area (Å²) in [4.78, 5) is 24.3. The lowest BCUT2D eigenvalue weighted by Gasteiger charge is -2.26. The number of aromatic hydroxyl groups is 1. The number of hydrogen-bond donors (Lipinski definition) is 2. The van der Waals surface area contributed by atoms with Gasteiger partial charge in [0.2, 0.25) is 0 Å². The van der Waals surface area contributed by atoms with Crippen LogP contribution in [-0.4, -0.2) is 29.5 Å². The van der Waals surface area contributed by atoms with Gasteiger partial charge < -0.3 is 19.9 Å². The van der Waals surface area contributed by atoms with Crippen molar-refractivity contribution in [2.45, 2.75) is 32.5 Å². The number of Topliss-reactive ketones (excluding diaryl/α,β-unsaturated/α-hetero) is 1. The Bertz CT molecular complexity index is 1130. The van der Waals surface area contributed by atoms with E-state index in [9.17, 15) is 14.7 Å². The fraction of sp³-hybridized carbons (Fsp3) is 0.231. The fourth-order valence-electron chi connectivity index (χ4n) is 3.71. The molecule has 0 aliphatic carbocycles. The standard InChI is InChI=1S/C26H25NO5/c1-17(28)22-8-5-9-23(25(22)29)27-26(30)20-11-13-24-19(14-20)10-12-21(32-24)16-31-15-18-6-3-2-4-7-18/h2-9,11,13-14,21,29H,10,12,15-16H2,1H3,(H,27,30). The zero-order valence-electron chi connectivity index (χ0n) is 17.8. The van der Waals surface area contributed by atoms with Gasteiger partial charge in [-0.3, -0.25) is 9.59 Å². The third-order valence-corrected chi connectivity index (χ3v) is 5.43. The molecule has 3 aromatic rings. The van der Waals surface area contributed by atoms with Crippen LogP contribution in [0.4, 0.5) is 5.69 Å². The van der Waals surface area contributed by atoms with Crippen LogP contribution in [0.3, 0.4) is 0 Å². The van der Waals surface area contributed by atoms with E-state index in [1.807, 2.05) is 30.3 Å². The Morgan fingerprint density at radius 2 is 1.91 bits per heavy atom. The maximum atomic E-state index is 12.7. The molecular formula is C26H25NO5. The van der Waals surface area contributed by atoms with Gasteiger partial charge in [0.1, 0.15) is 17.6 Å². The lowest BCUT2D eigenvalue weighted by atomic mass is 10.00. The van der Waals surface area contributed by atoms with E-state index in [4.69, 9.17) is 9.47 Å². The maximum absolute atomic E-state index is 12.7. The highest BCUT2D eigenvalue weighted by atomic mass is 16.5. The Balaban J connectivity index is 1.37. The molecule has 0 saturated heterocycles. The van der Waals surface area contributed by atoms with Crippen LogP contribution >= 0.6 is 0 Å². The van der Waals surface area contributed by atoms with Gasteiger partial charge in [0, 0.05) is 5.56 Å². The number of fused-ring (bicyclic) bond motifs is 1. The minimum absolute atomic E-state index is 0.0304. The van der Waals surface area contributed by atoms with Crippen LogP contribution in [0.15, 0.2) is 66.7 Å². The molecule has 0 spiro atoms. The molecule has 164 valence electrons. The highest BCUT2D eigenvalue weighted by molar-refractivity contribution is 6.07. The number of phenolic OH excluding ortho intramolecular Hbond substituents is 1. The fourth-order valence-corrected chi connectivity index (χ4v) is 3.71. The van der Waals surface area contributed by atoms with Crippen molar-refractivity contribution in [2.24, 2.45) is 0 Å². The summed E-state index contributed by atoms with van der Waals surface area (Å²) in [6.45, 7) is 2.41. The quantitative estimate of drug-likeness (QED) is 0.416. The van der Waals surface area contributed by atoms with Gasteiger partial charge in [-0.05, 0) is 61.2 Å². The van der Waals surface area contributed by atoms with E-state index in [1.54, 1.807) is 30.3 Å². The van der Waals surface area contributed by atoms with E-state index in [2.05, 4.69) is 5.32 Å². The second kappa shape index (κ2) is 9.66. The molecule has 6 heteroatoms. The van der Waals surface area contributed by atoms with Gasteiger partial charge in [-0.25, -0.2) is 0 Å². The molecule has 1 amide bonds. The van der Waals surface area contributed by atoms with Crippen LogP contribution in [0.25, 0.3) is 0 Å². The second-order valence-corrected chi connectivity index (χ2v) is 7.81. The topological polar surface area (TPSA) is 84.9 Å². The number of carbonyl (C=O) groups is 2. The molecule has 3 aromatic carbocycles. The van der Waals surface area contributed by atoms with Gasteiger partial charge in [0.05, 0.1) is 24.5 Å². The zero-order valence-corrected chi connectivity index (χ0v) is 17.8. The number of amides is 1. The minimum atomic E-state index is -0.364. The van der Waals surface area contributed by atoms with Crippen LogP contribution in [0.2, 0.25) is 0 Å². The van der Waals surface area contributed by atoms with Gasteiger partial charge in [-0.2, -0.15) is 0 Å². The van der Waals surface area contributed by atoms with Crippen molar-refractivity contribution in [3.63, 3.8) is 0 Å². The molecule has 32 heavy (non-hydrogen) atoms. The number of nitrogens with one attached hydrogen (secondary N) is 1. The van der Waals surface area contributed by atoms with E-state index in [0.29, 0.717) is 18.8 Å². The molecule has 0 fully saturated rings. The Morgan fingerprint density at radius 1 is 1.09 bits per heavy atom. The molecule has 2 N–H and O–H groups in total.